The lowest BCUT2D eigenvalue weighted by Crippen LogP contribution is -2.30. The van der Waals surface area contributed by atoms with Gasteiger partial charge < -0.3 is 19.9 Å². The lowest BCUT2D eigenvalue weighted by atomic mass is 10.2. The summed E-state index contributed by atoms with van der Waals surface area (Å²) >= 11 is 7.57. The van der Waals surface area contributed by atoms with Crippen molar-refractivity contribution in [1.82, 2.24) is 15.2 Å². The molecule has 2 aromatic carbocycles. The molecule has 3 rings (SSSR count). The largest absolute Gasteiger partial charge is 0.497 e. The number of H-pyrrole nitrogens is 1. The third-order valence-electron chi connectivity index (χ3n) is 5.05. The summed E-state index contributed by atoms with van der Waals surface area (Å²) in [6.07, 6.45) is 0.918. The van der Waals surface area contributed by atoms with E-state index in [4.69, 9.17) is 16.3 Å². The van der Waals surface area contributed by atoms with Crippen LogP contribution in [-0.4, -0.2) is 49.1 Å². The normalized spacial score (nSPS) is 11.2. The molecule has 0 unspecified atom stereocenters. The zero-order valence-corrected chi connectivity index (χ0v) is 19.2. The maximum absolute atomic E-state index is 13.0. The van der Waals surface area contributed by atoms with Gasteiger partial charge in [-0.2, -0.15) is 0 Å². The number of carbonyl (C=O) groups excluding carboxylic acids is 1. The van der Waals surface area contributed by atoms with Crippen LogP contribution >= 0.6 is 23.4 Å². The molecule has 1 heterocycles. The maximum Gasteiger partial charge on any atom is 0.268 e. The molecule has 0 bridgehead atoms. The molecule has 1 aromatic heterocycles. The fourth-order valence-electron chi connectivity index (χ4n) is 3.30. The van der Waals surface area contributed by atoms with Crippen molar-refractivity contribution in [3.8, 4) is 5.75 Å². The van der Waals surface area contributed by atoms with Crippen molar-refractivity contribution in [2.45, 2.75) is 30.1 Å². The van der Waals surface area contributed by atoms with Crippen LogP contribution in [0.1, 0.15) is 30.8 Å². The number of nitrogens with zero attached hydrogens (tertiary/aromatic N) is 1. The minimum Gasteiger partial charge on any atom is -0.497 e. The maximum atomic E-state index is 13.0. The number of amides is 1. The van der Waals surface area contributed by atoms with Crippen molar-refractivity contribution >= 4 is 40.2 Å². The van der Waals surface area contributed by atoms with E-state index in [-0.39, 0.29) is 5.91 Å². The molecule has 2 N–H and O–H groups in total. The summed E-state index contributed by atoms with van der Waals surface area (Å²) in [5.41, 5.74) is 1.44. The number of halogens is 1. The van der Waals surface area contributed by atoms with Gasteiger partial charge in [-0.15, -0.1) is 0 Å². The highest BCUT2D eigenvalue weighted by Crippen LogP contribution is 2.38. The second-order valence-electron chi connectivity index (χ2n) is 6.93. The quantitative estimate of drug-likeness (QED) is 0.408. The number of hydrogen-bond acceptors (Lipinski definition) is 4. The predicted molar refractivity (Wildman–Crippen MR) is 125 cm³/mol. The van der Waals surface area contributed by atoms with Crippen molar-refractivity contribution in [2.75, 3.05) is 33.3 Å². The van der Waals surface area contributed by atoms with Crippen molar-refractivity contribution in [1.29, 1.82) is 0 Å². The summed E-state index contributed by atoms with van der Waals surface area (Å²) in [6, 6.07) is 13.4. The molecule has 3 aromatic rings. The molecule has 160 valence electrons. The number of benzene rings is 2. The minimum absolute atomic E-state index is 0.0961. The molecule has 0 saturated carbocycles. The number of nitrogens with one attached hydrogen (secondary N) is 2. The van der Waals surface area contributed by atoms with Crippen LogP contribution in [0.25, 0.3) is 10.9 Å². The lowest BCUT2D eigenvalue weighted by Gasteiger charge is -2.17. The monoisotopic (exact) mass is 445 g/mol. The van der Waals surface area contributed by atoms with E-state index in [1.807, 2.05) is 42.5 Å². The first kappa shape index (κ1) is 22.5. The molecule has 0 fully saturated rings. The van der Waals surface area contributed by atoms with Gasteiger partial charge in [-0.05, 0) is 62.5 Å². The van der Waals surface area contributed by atoms with Crippen LogP contribution in [0.3, 0.4) is 0 Å². The van der Waals surface area contributed by atoms with Crippen LogP contribution in [0.2, 0.25) is 5.02 Å². The van der Waals surface area contributed by atoms with Crippen molar-refractivity contribution in [3.05, 3.63) is 53.2 Å². The molecule has 0 atom stereocenters. The summed E-state index contributed by atoms with van der Waals surface area (Å²) < 4.78 is 5.34. The SMILES string of the molecule is CCN(CC)CCCNC(=O)c1[nH]c2cc(OC)ccc2c1Sc1ccc(Cl)cc1. The van der Waals surface area contributed by atoms with Gasteiger partial charge >= 0.3 is 0 Å². The van der Waals surface area contributed by atoms with Crippen LogP contribution in [0, 0.1) is 0 Å². The molecule has 5 nitrogen and oxygen atoms in total. The molecule has 30 heavy (non-hydrogen) atoms. The highest BCUT2D eigenvalue weighted by atomic mass is 35.5. The van der Waals surface area contributed by atoms with Gasteiger partial charge in [-0.25, -0.2) is 0 Å². The van der Waals surface area contributed by atoms with Gasteiger partial charge in [0.1, 0.15) is 11.4 Å². The molecule has 0 aliphatic rings. The smallest absolute Gasteiger partial charge is 0.268 e. The summed E-state index contributed by atoms with van der Waals surface area (Å²) in [4.78, 5) is 20.6. The van der Waals surface area contributed by atoms with Gasteiger partial charge in [0.25, 0.3) is 5.91 Å². The summed E-state index contributed by atoms with van der Waals surface area (Å²) in [5, 5.41) is 4.74. The molecule has 0 radical (unpaired) electrons. The van der Waals surface area contributed by atoms with Crippen LogP contribution in [0.15, 0.2) is 52.3 Å². The third-order valence-corrected chi connectivity index (χ3v) is 6.44. The van der Waals surface area contributed by atoms with Gasteiger partial charge in [0, 0.05) is 27.9 Å². The van der Waals surface area contributed by atoms with Gasteiger partial charge in [-0.1, -0.05) is 37.2 Å². The number of methoxy groups -OCH3 is 1. The molecule has 1 amide bonds. The second kappa shape index (κ2) is 10.8. The predicted octanol–water partition coefficient (Wildman–Crippen LogP) is 5.44. The van der Waals surface area contributed by atoms with Crippen LogP contribution in [-0.2, 0) is 0 Å². The Morgan fingerprint density at radius 2 is 1.90 bits per heavy atom. The molecule has 0 aliphatic carbocycles. The molecular weight excluding hydrogens is 418 g/mol. The van der Waals surface area contributed by atoms with E-state index < -0.39 is 0 Å². The Bertz CT molecular complexity index is 984. The van der Waals surface area contributed by atoms with E-state index in [1.165, 1.54) is 0 Å². The van der Waals surface area contributed by atoms with Gasteiger partial charge in [0.05, 0.1) is 17.5 Å². The highest BCUT2D eigenvalue weighted by Gasteiger charge is 2.19. The first-order chi connectivity index (χ1) is 14.5. The number of aromatic nitrogens is 1. The zero-order valence-electron chi connectivity index (χ0n) is 17.6. The number of aromatic amines is 1. The summed E-state index contributed by atoms with van der Waals surface area (Å²) in [5.74, 6) is 0.652. The number of rotatable bonds is 10. The standard InChI is InChI=1S/C23H28ClN3O2S/c1-4-27(5-2)14-6-13-25-23(28)21-22(30-18-10-7-16(24)8-11-18)19-12-9-17(29-3)15-20(19)26-21/h7-12,15,26H,4-6,13-14H2,1-3H3,(H,25,28). The number of carbonyl (C=O) groups is 1. The number of hydrogen-bond donors (Lipinski definition) is 2. The van der Waals surface area contributed by atoms with Gasteiger partial charge in [-0.3, -0.25) is 4.79 Å². The van der Waals surface area contributed by atoms with E-state index in [0.717, 1.165) is 52.5 Å². The minimum atomic E-state index is -0.0961. The van der Waals surface area contributed by atoms with E-state index >= 15 is 0 Å². The molecule has 0 saturated heterocycles. The molecule has 7 heteroatoms. The highest BCUT2D eigenvalue weighted by molar-refractivity contribution is 7.99. The van der Waals surface area contributed by atoms with Crippen LogP contribution in [0.4, 0.5) is 0 Å². The number of fused-ring (bicyclic) bond motifs is 1. The first-order valence-electron chi connectivity index (χ1n) is 10.2. The van der Waals surface area contributed by atoms with E-state index in [0.29, 0.717) is 17.3 Å². The topological polar surface area (TPSA) is 57.4 Å². The Balaban J connectivity index is 1.82. The Morgan fingerprint density at radius 3 is 2.57 bits per heavy atom. The Labute approximate surface area is 187 Å². The second-order valence-corrected chi connectivity index (χ2v) is 8.45. The van der Waals surface area contributed by atoms with Crippen molar-refractivity contribution < 1.29 is 9.53 Å². The Morgan fingerprint density at radius 1 is 1.17 bits per heavy atom. The Kier molecular flexibility index (Phi) is 8.08. The average molecular weight is 446 g/mol. The summed E-state index contributed by atoms with van der Waals surface area (Å²) in [7, 11) is 1.64. The fraction of sp³-hybridized carbons (Fsp3) is 0.348. The first-order valence-corrected chi connectivity index (χ1v) is 11.4. The van der Waals surface area contributed by atoms with E-state index in [2.05, 4.69) is 29.0 Å². The molecule has 0 spiro atoms. The third kappa shape index (κ3) is 5.50. The average Bonchev–Trinajstić information content (AvgIpc) is 3.12. The van der Waals surface area contributed by atoms with E-state index in [9.17, 15) is 4.79 Å². The van der Waals surface area contributed by atoms with Gasteiger partial charge in [0.15, 0.2) is 0 Å². The Hall–Kier alpha value is -2.15. The summed E-state index contributed by atoms with van der Waals surface area (Å²) in [6.45, 7) is 7.97. The van der Waals surface area contributed by atoms with Crippen molar-refractivity contribution in [2.24, 2.45) is 0 Å². The van der Waals surface area contributed by atoms with Gasteiger partial charge in [0.2, 0.25) is 0 Å². The van der Waals surface area contributed by atoms with E-state index in [1.54, 1.807) is 18.9 Å². The molecular formula is C23H28ClN3O2S. The van der Waals surface area contributed by atoms with Crippen molar-refractivity contribution in [3.63, 3.8) is 0 Å². The van der Waals surface area contributed by atoms with Crippen LogP contribution in [0.5, 0.6) is 5.75 Å². The lowest BCUT2D eigenvalue weighted by molar-refractivity contribution is 0.0944. The zero-order chi connectivity index (χ0) is 21.5. The molecule has 0 aliphatic heterocycles. The number of ether oxygens (including phenoxy) is 1. The fourth-order valence-corrected chi connectivity index (χ4v) is 4.46. The van der Waals surface area contributed by atoms with Crippen LogP contribution < -0.4 is 10.1 Å².